The highest BCUT2D eigenvalue weighted by Crippen LogP contribution is 2.39. The van der Waals surface area contributed by atoms with Crippen LogP contribution in [-0.4, -0.2) is 24.6 Å². The second-order valence-electron chi connectivity index (χ2n) is 7.52. The van der Waals surface area contributed by atoms with Crippen molar-refractivity contribution in [3.8, 4) is 5.75 Å². The molecule has 6 nitrogen and oxygen atoms in total. The number of hydrogen-bond donors (Lipinski definition) is 2. The van der Waals surface area contributed by atoms with E-state index in [1.807, 2.05) is 0 Å². The van der Waals surface area contributed by atoms with Gasteiger partial charge in [0.2, 0.25) is 0 Å². The van der Waals surface area contributed by atoms with E-state index in [0.29, 0.717) is 23.2 Å². The van der Waals surface area contributed by atoms with Crippen molar-refractivity contribution >= 4 is 16.9 Å². The van der Waals surface area contributed by atoms with Crippen LogP contribution in [0.25, 0.3) is 11.0 Å². The van der Waals surface area contributed by atoms with Crippen LogP contribution >= 0.6 is 0 Å². The molecule has 1 amide bonds. The van der Waals surface area contributed by atoms with Crippen molar-refractivity contribution in [1.82, 2.24) is 5.32 Å². The molecule has 138 valence electrons. The van der Waals surface area contributed by atoms with E-state index in [-0.39, 0.29) is 24.6 Å². The fourth-order valence-electron chi connectivity index (χ4n) is 4.53. The lowest BCUT2D eigenvalue weighted by atomic mass is 9.67. The van der Waals surface area contributed by atoms with E-state index < -0.39 is 5.63 Å². The van der Waals surface area contributed by atoms with Gasteiger partial charge in [0, 0.05) is 29.6 Å². The Hall–Kier alpha value is -2.34. The molecule has 0 saturated heterocycles. The van der Waals surface area contributed by atoms with Gasteiger partial charge in [0.25, 0.3) is 5.91 Å². The molecular formula is C20H24N2O4. The molecule has 26 heavy (non-hydrogen) atoms. The van der Waals surface area contributed by atoms with Crippen LogP contribution in [0.1, 0.15) is 32.1 Å². The molecule has 2 fully saturated rings. The van der Waals surface area contributed by atoms with Crippen molar-refractivity contribution in [2.24, 2.45) is 17.6 Å². The molecule has 0 radical (unpaired) electrons. The predicted molar refractivity (Wildman–Crippen MR) is 98.0 cm³/mol. The summed E-state index contributed by atoms with van der Waals surface area (Å²) in [6.45, 7) is -0.0510. The molecule has 2 saturated carbocycles. The molecule has 0 spiro atoms. The molecule has 2 aliphatic carbocycles. The van der Waals surface area contributed by atoms with Gasteiger partial charge in [-0.3, -0.25) is 4.79 Å². The third-order valence-corrected chi connectivity index (χ3v) is 5.67. The number of rotatable bonds is 4. The molecule has 2 aliphatic rings. The van der Waals surface area contributed by atoms with Gasteiger partial charge >= 0.3 is 5.63 Å². The Morgan fingerprint density at radius 1 is 1.19 bits per heavy atom. The summed E-state index contributed by atoms with van der Waals surface area (Å²) < 4.78 is 10.7. The molecular weight excluding hydrogens is 332 g/mol. The van der Waals surface area contributed by atoms with E-state index in [9.17, 15) is 9.59 Å². The third kappa shape index (κ3) is 3.60. The fourth-order valence-corrected chi connectivity index (χ4v) is 4.53. The predicted octanol–water partition coefficient (Wildman–Crippen LogP) is 2.19. The second kappa shape index (κ2) is 7.11. The van der Waals surface area contributed by atoms with E-state index in [0.717, 1.165) is 31.1 Å². The zero-order chi connectivity index (χ0) is 18.1. The van der Waals surface area contributed by atoms with E-state index >= 15 is 0 Å². The van der Waals surface area contributed by atoms with Gasteiger partial charge in [0.05, 0.1) is 0 Å². The monoisotopic (exact) mass is 356 g/mol. The Kier molecular flexibility index (Phi) is 4.68. The lowest BCUT2D eigenvalue weighted by Gasteiger charge is -2.45. The van der Waals surface area contributed by atoms with Crippen molar-refractivity contribution in [3.63, 3.8) is 0 Å². The number of ether oxygens (including phenoxy) is 1. The molecule has 2 aromatic rings. The number of hydrogen-bond acceptors (Lipinski definition) is 5. The summed E-state index contributed by atoms with van der Waals surface area (Å²) in [6, 6.07) is 8.77. The van der Waals surface area contributed by atoms with Crippen LogP contribution in [0.15, 0.2) is 39.5 Å². The Morgan fingerprint density at radius 3 is 2.69 bits per heavy atom. The standard InChI is InChI=1S/C20H24N2O4/c21-15-8-13-2-1-3-14(9-15)20(13)22-18(23)11-25-16-6-4-12-5-7-19(24)26-17(12)10-16/h4-7,10,13-15,20H,1-3,8-9,11,21H2,(H,22,23). The number of amides is 1. The van der Waals surface area contributed by atoms with Gasteiger partial charge in [0.1, 0.15) is 11.3 Å². The number of carbonyl (C=O) groups excluding carboxylic acids is 1. The van der Waals surface area contributed by atoms with Crippen molar-refractivity contribution in [3.05, 3.63) is 40.8 Å². The fraction of sp³-hybridized carbons (Fsp3) is 0.500. The maximum Gasteiger partial charge on any atom is 0.336 e. The first kappa shape index (κ1) is 17.1. The maximum atomic E-state index is 12.4. The van der Waals surface area contributed by atoms with Gasteiger partial charge in [-0.05, 0) is 55.7 Å². The molecule has 0 aliphatic heterocycles. The molecule has 2 atom stereocenters. The zero-order valence-corrected chi connectivity index (χ0v) is 14.6. The maximum absolute atomic E-state index is 12.4. The normalized spacial score (nSPS) is 27.9. The number of fused-ring (bicyclic) bond motifs is 3. The summed E-state index contributed by atoms with van der Waals surface area (Å²) in [5.41, 5.74) is 6.18. The van der Waals surface area contributed by atoms with Crippen LogP contribution in [-0.2, 0) is 4.79 Å². The highest BCUT2D eigenvalue weighted by atomic mass is 16.5. The molecule has 1 aromatic heterocycles. The number of benzene rings is 1. The van der Waals surface area contributed by atoms with Gasteiger partial charge in [0.15, 0.2) is 6.61 Å². The first-order valence-corrected chi connectivity index (χ1v) is 9.30. The Morgan fingerprint density at radius 2 is 1.92 bits per heavy atom. The van der Waals surface area contributed by atoms with Crippen molar-refractivity contribution < 1.29 is 13.9 Å². The van der Waals surface area contributed by atoms with Gasteiger partial charge in [-0.25, -0.2) is 4.79 Å². The Balaban J connectivity index is 1.37. The first-order chi connectivity index (χ1) is 12.6. The van der Waals surface area contributed by atoms with Crippen LogP contribution in [0.2, 0.25) is 0 Å². The number of nitrogens with one attached hydrogen (secondary N) is 1. The number of carbonyl (C=O) groups is 1. The number of nitrogens with two attached hydrogens (primary N) is 1. The van der Waals surface area contributed by atoms with Gasteiger partial charge in [-0.1, -0.05) is 6.42 Å². The van der Waals surface area contributed by atoms with Crippen LogP contribution in [0.4, 0.5) is 0 Å². The average Bonchev–Trinajstić information content (AvgIpc) is 2.60. The third-order valence-electron chi connectivity index (χ3n) is 5.67. The molecule has 1 aromatic carbocycles. The minimum absolute atomic E-state index is 0.0510. The van der Waals surface area contributed by atoms with Crippen LogP contribution in [0.5, 0.6) is 5.75 Å². The minimum Gasteiger partial charge on any atom is -0.484 e. The highest BCUT2D eigenvalue weighted by Gasteiger charge is 2.39. The van der Waals surface area contributed by atoms with Crippen molar-refractivity contribution in [2.75, 3.05) is 6.61 Å². The molecule has 2 unspecified atom stereocenters. The quantitative estimate of drug-likeness (QED) is 0.819. The molecule has 1 heterocycles. The Bertz CT molecular complexity index is 848. The lowest BCUT2D eigenvalue weighted by molar-refractivity contribution is -0.125. The summed E-state index contributed by atoms with van der Waals surface area (Å²) in [6.07, 6.45) is 5.49. The van der Waals surface area contributed by atoms with Crippen LogP contribution < -0.4 is 21.4 Å². The van der Waals surface area contributed by atoms with Crippen LogP contribution in [0, 0.1) is 11.8 Å². The zero-order valence-electron chi connectivity index (χ0n) is 14.6. The molecule has 3 N–H and O–H groups in total. The first-order valence-electron chi connectivity index (χ1n) is 9.30. The summed E-state index contributed by atoms with van der Waals surface area (Å²) in [5.74, 6) is 1.36. The summed E-state index contributed by atoms with van der Waals surface area (Å²) in [7, 11) is 0. The van der Waals surface area contributed by atoms with Crippen molar-refractivity contribution in [2.45, 2.75) is 44.2 Å². The van der Waals surface area contributed by atoms with E-state index in [1.165, 1.54) is 12.5 Å². The average molecular weight is 356 g/mol. The van der Waals surface area contributed by atoms with E-state index in [2.05, 4.69) is 5.32 Å². The second-order valence-corrected chi connectivity index (χ2v) is 7.52. The van der Waals surface area contributed by atoms with Gasteiger partial charge in [-0.15, -0.1) is 0 Å². The summed E-state index contributed by atoms with van der Waals surface area (Å²) in [5, 5.41) is 3.98. The molecule has 6 heteroatoms. The molecule has 4 rings (SSSR count). The smallest absolute Gasteiger partial charge is 0.336 e. The van der Waals surface area contributed by atoms with Gasteiger partial charge < -0.3 is 20.2 Å². The van der Waals surface area contributed by atoms with E-state index in [4.69, 9.17) is 14.9 Å². The summed E-state index contributed by atoms with van der Waals surface area (Å²) in [4.78, 5) is 23.7. The van der Waals surface area contributed by atoms with Crippen LogP contribution in [0.3, 0.4) is 0 Å². The Labute approximate surface area is 151 Å². The topological polar surface area (TPSA) is 94.6 Å². The largest absolute Gasteiger partial charge is 0.484 e. The summed E-state index contributed by atoms with van der Waals surface area (Å²) >= 11 is 0. The minimum atomic E-state index is -0.408. The SMILES string of the molecule is NC1CC2CCCC(C1)C2NC(=O)COc1ccc2ccc(=O)oc2c1. The van der Waals surface area contributed by atoms with Crippen molar-refractivity contribution in [1.29, 1.82) is 0 Å². The molecule has 2 bridgehead atoms. The van der Waals surface area contributed by atoms with E-state index in [1.54, 1.807) is 24.3 Å². The lowest BCUT2D eigenvalue weighted by Crippen LogP contribution is -2.54. The van der Waals surface area contributed by atoms with Gasteiger partial charge in [-0.2, -0.15) is 0 Å². The highest BCUT2D eigenvalue weighted by molar-refractivity contribution is 5.79.